The first-order valence-corrected chi connectivity index (χ1v) is 8.79. The first-order valence-electron chi connectivity index (χ1n) is 8.79. The highest BCUT2D eigenvalue weighted by molar-refractivity contribution is 6.08. The highest BCUT2D eigenvalue weighted by Gasteiger charge is 2.49. The van der Waals surface area contributed by atoms with Crippen molar-refractivity contribution in [1.82, 2.24) is 4.90 Å². The fourth-order valence-corrected chi connectivity index (χ4v) is 3.63. The first-order chi connectivity index (χ1) is 11.6. The fourth-order valence-electron chi connectivity index (χ4n) is 3.63. The summed E-state index contributed by atoms with van der Waals surface area (Å²) >= 11 is 0. The summed E-state index contributed by atoms with van der Waals surface area (Å²) in [5, 5.41) is 9.00. The van der Waals surface area contributed by atoms with Gasteiger partial charge in [0.05, 0.1) is 12.1 Å². The minimum Gasteiger partial charge on any atom is -0.478 e. The van der Waals surface area contributed by atoms with Crippen LogP contribution in [0.5, 0.6) is 0 Å². The second kappa shape index (κ2) is 6.75. The number of carbonyl (C=O) groups excluding carboxylic acids is 1. The van der Waals surface area contributed by atoms with E-state index in [0.29, 0.717) is 6.54 Å². The van der Waals surface area contributed by atoms with Crippen molar-refractivity contribution in [2.45, 2.75) is 64.0 Å². The highest BCUT2D eigenvalue weighted by atomic mass is 16.4. The molecule has 128 valence electrons. The third-order valence-corrected chi connectivity index (χ3v) is 5.02. The van der Waals surface area contributed by atoms with Crippen molar-refractivity contribution < 1.29 is 14.7 Å². The SMILES string of the molecule is CCCCC1=NC2(CCCC2)C(=O)N1Cc1ccc(C(=O)O)cc1. The molecule has 2 aliphatic rings. The number of hydrogen-bond donors (Lipinski definition) is 1. The Morgan fingerprint density at radius 3 is 2.50 bits per heavy atom. The van der Waals surface area contributed by atoms with Gasteiger partial charge in [0.2, 0.25) is 0 Å². The standard InChI is InChI=1S/C19H24N2O3/c1-2-3-6-16-20-19(11-4-5-12-19)18(24)21(16)13-14-7-9-15(10-8-14)17(22)23/h7-10H,2-6,11-13H2,1H3,(H,22,23). The van der Waals surface area contributed by atoms with Crippen LogP contribution >= 0.6 is 0 Å². The number of hydrogen-bond acceptors (Lipinski definition) is 3. The number of amides is 1. The summed E-state index contributed by atoms with van der Waals surface area (Å²) in [6.07, 6.45) is 6.77. The molecule has 0 saturated heterocycles. The third kappa shape index (κ3) is 3.07. The molecular formula is C19H24N2O3. The summed E-state index contributed by atoms with van der Waals surface area (Å²) in [5.41, 5.74) is 0.690. The molecule has 0 atom stereocenters. The Morgan fingerprint density at radius 2 is 1.92 bits per heavy atom. The van der Waals surface area contributed by atoms with Crippen molar-refractivity contribution in [3.63, 3.8) is 0 Å². The number of rotatable bonds is 6. The molecule has 1 spiro atoms. The minimum atomic E-state index is -0.936. The van der Waals surface area contributed by atoms with Crippen LogP contribution in [0.25, 0.3) is 0 Å². The third-order valence-electron chi connectivity index (χ3n) is 5.02. The van der Waals surface area contributed by atoms with Gasteiger partial charge in [-0.2, -0.15) is 0 Å². The number of nitrogens with zero attached hydrogens (tertiary/aromatic N) is 2. The lowest BCUT2D eigenvalue weighted by molar-refractivity contribution is -0.131. The topological polar surface area (TPSA) is 70.0 Å². The van der Waals surface area contributed by atoms with Gasteiger partial charge in [-0.3, -0.25) is 14.7 Å². The van der Waals surface area contributed by atoms with Gasteiger partial charge in [-0.05, 0) is 37.0 Å². The Bertz CT molecular complexity index is 658. The zero-order valence-electron chi connectivity index (χ0n) is 14.1. The normalized spacial score (nSPS) is 19.1. The minimum absolute atomic E-state index is 0.133. The second-order valence-electron chi connectivity index (χ2n) is 6.76. The van der Waals surface area contributed by atoms with Gasteiger partial charge >= 0.3 is 5.97 Å². The van der Waals surface area contributed by atoms with E-state index in [1.54, 1.807) is 24.3 Å². The van der Waals surface area contributed by atoms with E-state index in [2.05, 4.69) is 6.92 Å². The van der Waals surface area contributed by atoms with E-state index in [9.17, 15) is 9.59 Å². The number of benzene rings is 1. The predicted octanol–water partition coefficient (Wildman–Crippen LogP) is 3.63. The summed E-state index contributed by atoms with van der Waals surface area (Å²) < 4.78 is 0. The number of carboxylic acid groups (broad SMARTS) is 1. The molecule has 24 heavy (non-hydrogen) atoms. The van der Waals surface area contributed by atoms with Crippen molar-refractivity contribution in [3.8, 4) is 0 Å². The molecule has 1 aromatic rings. The van der Waals surface area contributed by atoms with E-state index in [4.69, 9.17) is 10.1 Å². The molecule has 0 bridgehead atoms. The van der Waals surface area contributed by atoms with Crippen molar-refractivity contribution in [3.05, 3.63) is 35.4 Å². The van der Waals surface area contributed by atoms with Gasteiger partial charge < -0.3 is 5.11 Å². The van der Waals surface area contributed by atoms with Crippen LogP contribution in [0.15, 0.2) is 29.3 Å². The van der Waals surface area contributed by atoms with Crippen LogP contribution in [0.1, 0.15) is 67.8 Å². The van der Waals surface area contributed by atoms with Crippen LogP contribution in [-0.2, 0) is 11.3 Å². The average molecular weight is 328 g/mol. The van der Waals surface area contributed by atoms with Crippen molar-refractivity contribution >= 4 is 17.7 Å². The Balaban J connectivity index is 1.80. The Labute approximate surface area is 142 Å². The molecule has 5 nitrogen and oxygen atoms in total. The van der Waals surface area contributed by atoms with E-state index in [1.807, 2.05) is 4.90 Å². The van der Waals surface area contributed by atoms with E-state index < -0.39 is 11.5 Å². The van der Waals surface area contributed by atoms with Crippen LogP contribution < -0.4 is 0 Å². The van der Waals surface area contributed by atoms with Gasteiger partial charge in [-0.1, -0.05) is 38.3 Å². The molecule has 1 N–H and O–H groups in total. The molecule has 5 heteroatoms. The molecule has 1 fully saturated rings. The van der Waals surface area contributed by atoms with Crippen molar-refractivity contribution in [2.24, 2.45) is 4.99 Å². The van der Waals surface area contributed by atoms with Crippen LogP contribution in [0.3, 0.4) is 0 Å². The Morgan fingerprint density at radius 1 is 1.25 bits per heavy atom. The van der Waals surface area contributed by atoms with E-state index in [1.165, 1.54) is 0 Å². The van der Waals surface area contributed by atoms with E-state index in [-0.39, 0.29) is 11.5 Å². The predicted molar refractivity (Wildman–Crippen MR) is 92.1 cm³/mol. The molecule has 1 saturated carbocycles. The number of carbonyl (C=O) groups is 2. The molecule has 1 amide bonds. The molecule has 1 heterocycles. The lowest BCUT2D eigenvalue weighted by Crippen LogP contribution is -2.40. The number of unbranched alkanes of at least 4 members (excludes halogenated alkanes) is 1. The van der Waals surface area contributed by atoms with Crippen LogP contribution in [0.2, 0.25) is 0 Å². The van der Waals surface area contributed by atoms with Crippen molar-refractivity contribution in [1.29, 1.82) is 0 Å². The summed E-state index contributed by atoms with van der Waals surface area (Å²) in [6.45, 7) is 2.61. The molecule has 0 radical (unpaired) electrons. The summed E-state index contributed by atoms with van der Waals surface area (Å²) in [7, 11) is 0. The number of aliphatic imine (C=N–C) groups is 1. The van der Waals surface area contributed by atoms with Gasteiger partial charge in [0.15, 0.2) is 0 Å². The molecule has 1 aliphatic heterocycles. The summed E-state index contributed by atoms with van der Waals surface area (Å²) in [4.78, 5) is 30.7. The Hall–Kier alpha value is -2.17. The number of carboxylic acids is 1. The van der Waals surface area contributed by atoms with Crippen molar-refractivity contribution in [2.75, 3.05) is 0 Å². The lowest BCUT2D eigenvalue weighted by atomic mass is 9.98. The maximum absolute atomic E-state index is 13.0. The van der Waals surface area contributed by atoms with Gasteiger partial charge in [-0.15, -0.1) is 0 Å². The second-order valence-corrected chi connectivity index (χ2v) is 6.76. The van der Waals surface area contributed by atoms with Gasteiger partial charge in [0.1, 0.15) is 11.4 Å². The largest absolute Gasteiger partial charge is 0.478 e. The maximum Gasteiger partial charge on any atom is 0.335 e. The van der Waals surface area contributed by atoms with Gasteiger partial charge in [-0.25, -0.2) is 4.79 Å². The quantitative estimate of drug-likeness (QED) is 0.867. The Kier molecular flexibility index (Phi) is 4.69. The average Bonchev–Trinajstić information content (AvgIpc) is 3.15. The lowest BCUT2D eigenvalue weighted by Gasteiger charge is -2.22. The summed E-state index contributed by atoms with van der Waals surface area (Å²) in [5.74, 6) is 0.105. The van der Waals surface area contributed by atoms with Gasteiger partial charge in [0.25, 0.3) is 5.91 Å². The number of aromatic carboxylic acids is 1. The van der Waals surface area contributed by atoms with Crippen LogP contribution in [0, 0.1) is 0 Å². The molecule has 1 aromatic carbocycles. The fraction of sp³-hybridized carbons (Fsp3) is 0.526. The zero-order chi connectivity index (χ0) is 17.2. The van der Waals surface area contributed by atoms with Crippen LogP contribution in [-0.4, -0.2) is 33.3 Å². The van der Waals surface area contributed by atoms with Crippen LogP contribution in [0.4, 0.5) is 0 Å². The molecule has 0 unspecified atom stereocenters. The van der Waals surface area contributed by atoms with E-state index >= 15 is 0 Å². The molecule has 1 aliphatic carbocycles. The first kappa shape index (κ1) is 16.7. The van der Waals surface area contributed by atoms with E-state index in [0.717, 1.165) is 56.3 Å². The highest BCUT2D eigenvalue weighted by Crippen LogP contribution is 2.40. The maximum atomic E-state index is 13.0. The monoisotopic (exact) mass is 328 g/mol. The number of amidine groups is 1. The zero-order valence-corrected chi connectivity index (χ0v) is 14.1. The molecular weight excluding hydrogens is 304 g/mol. The van der Waals surface area contributed by atoms with Gasteiger partial charge in [0, 0.05) is 6.42 Å². The molecule has 0 aromatic heterocycles. The smallest absolute Gasteiger partial charge is 0.335 e. The molecule has 3 rings (SSSR count). The summed E-state index contributed by atoms with van der Waals surface area (Å²) in [6, 6.07) is 6.75.